The van der Waals surface area contributed by atoms with Gasteiger partial charge in [-0.25, -0.2) is 0 Å². The molecule has 0 unspecified atom stereocenters. The molecule has 0 spiro atoms. The van der Waals surface area contributed by atoms with Crippen LogP contribution in [0.1, 0.15) is 21.5 Å². The second-order valence-corrected chi connectivity index (χ2v) is 4.98. The van der Waals surface area contributed by atoms with Crippen LogP contribution in [0.2, 0.25) is 0 Å². The second kappa shape index (κ2) is 5.68. The molecule has 0 saturated carbocycles. The standard InChI is InChI=1S/C15H11BrN2O/c1-10-2-7-14(13(16)8-10)18-15(19)12-5-3-11(9-17)4-6-12/h2-8H,1H3,(H,18,19). The molecule has 2 aromatic carbocycles. The minimum Gasteiger partial charge on any atom is -0.321 e. The zero-order chi connectivity index (χ0) is 13.8. The molecule has 94 valence electrons. The topological polar surface area (TPSA) is 52.9 Å². The van der Waals surface area contributed by atoms with E-state index in [-0.39, 0.29) is 5.91 Å². The molecular formula is C15H11BrN2O. The maximum absolute atomic E-state index is 12.0. The highest BCUT2D eigenvalue weighted by Gasteiger charge is 2.08. The van der Waals surface area contributed by atoms with E-state index in [4.69, 9.17) is 5.26 Å². The molecule has 0 aliphatic rings. The lowest BCUT2D eigenvalue weighted by Gasteiger charge is -2.08. The molecule has 19 heavy (non-hydrogen) atoms. The van der Waals surface area contributed by atoms with E-state index in [1.54, 1.807) is 24.3 Å². The van der Waals surface area contributed by atoms with E-state index in [1.165, 1.54) is 0 Å². The highest BCUT2D eigenvalue weighted by molar-refractivity contribution is 9.10. The lowest BCUT2D eigenvalue weighted by atomic mass is 10.1. The summed E-state index contributed by atoms with van der Waals surface area (Å²) in [5.41, 5.74) is 2.89. The van der Waals surface area contributed by atoms with Gasteiger partial charge in [0.25, 0.3) is 5.91 Å². The highest BCUT2D eigenvalue weighted by Crippen LogP contribution is 2.23. The third-order valence-corrected chi connectivity index (χ3v) is 3.31. The number of anilines is 1. The van der Waals surface area contributed by atoms with Crippen molar-refractivity contribution in [1.82, 2.24) is 0 Å². The summed E-state index contributed by atoms with van der Waals surface area (Å²) in [6.45, 7) is 1.98. The fourth-order valence-electron chi connectivity index (χ4n) is 1.61. The number of aryl methyl sites for hydroxylation is 1. The van der Waals surface area contributed by atoms with Gasteiger partial charge >= 0.3 is 0 Å². The molecule has 2 rings (SSSR count). The highest BCUT2D eigenvalue weighted by atomic mass is 79.9. The van der Waals surface area contributed by atoms with Crippen molar-refractivity contribution >= 4 is 27.5 Å². The smallest absolute Gasteiger partial charge is 0.255 e. The van der Waals surface area contributed by atoms with Gasteiger partial charge in [0, 0.05) is 10.0 Å². The Balaban J connectivity index is 2.18. The minimum absolute atomic E-state index is 0.200. The van der Waals surface area contributed by atoms with Crippen molar-refractivity contribution in [2.24, 2.45) is 0 Å². The molecular weight excluding hydrogens is 304 g/mol. The number of nitrogens with one attached hydrogen (secondary N) is 1. The molecule has 0 aliphatic heterocycles. The maximum Gasteiger partial charge on any atom is 0.255 e. The summed E-state index contributed by atoms with van der Waals surface area (Å²) >= 11 is 3.41. The number of nitriles is 1. The van der Waals surface area contributed by atoms with Crippen LogP contribution in [-0.2, 0) is 0 Å². The molecule has 2 aromatic rings. The van der Waals surface area contributed by atoms with Crippen molar-refractivity contribution in [1.29, 1.82) is 5.26 Å². The fourth-order valence-corrected chi connectivity index (χ4v) is 2.20. The molecule has 0 fully saturated rings. The van der Waals surface area contributed by atoms with Crippen LogP contribution < -0.4 is 5.32 Å². The molecule has 3 nitrogen and oxygen atoms in total. The Hall–Kier alpha value is -2.12. The third-order valence-electron chi connectivity index (χ3n) is 2.65. The number of carbonyl (C=O) groups excluding carboxylic acids is 1. The van der Waals surface area contributed by atoms with E-state index in [1.807, 2.05) is 31.2 Å². The Morgan fingerprint density at radius 3 is 2.47 bits per heavy atom. The number of nitrogens with zero attached hydrogens (tertiary/aromatic N) is 1. The Bertz CT molecular complexity index is 657. The summed E-state index contributed by atoms with van der Waals surface area (Å²) in [5, 5.41) is 11.5. The first-order chi connectivity index (χ1) is 9.10. The fraction of sp³-hybridized carbons (Fsp3) is 0.0667. The quantitative estimate of drug-likeness (QED) is 0.914. The van der Waals surface area contributed by atoms with Gasteiger partial charge in [0.1, 0.15) is 0 Å². The first kappa shape index (κ1) is 13.3. The molecule has 0 atom stereocenters. The van der Waals surface area contributed by atoms with Crippen LogP contribution in [0.25, 0.3) is 0 Å². The van der Waals surface area contributed by atoms with Gasteiger partial charge in [0.2, 0.25) is 0 Å². The first-order valence-electron chi connectivity index (χ1n) is 5.68. The number of benzene rings is 2. The maximum atomic E-state index is 12.0. The van der Waals surface area contributed by atoms with Gasteiger partial charge in [-0.15, -0.1) is 0 Å². The average molecular weight is 315 g/mol. The molecule has 1 N–H and O–H groups in total. The van der Waals surface area contributed by atoms with Crippen molar-refractivity contribution in [2.45, 2.75) is 6.92 Å². The molecule has 0 radical (unpaired) electrons. The lowest BCUT2D eigenvalue weighted by Crippen LogP contribution is -2.12. The monoisotopic (exact) mass is 314 g/mol. The number of carbonyl (C=O) groups is 1. The number of hydrogen-bond acceptors (Lipinski definition) is 2. The minimum atomic E-state index is -0.200. The van der Waals surface area contributed by atoms with E-state index < -0.39 is 0 Å². The number of amides is 1. The van der Waals surface area contributed by atoms with Crippen LogP contribution in [0.3, 0.4) is 0 Å². The van der Waals surface area contributed by atoms with Gasteiger partial charge in [-0.05, 0) is 64.8 Å². The Kier molecular flexibility index (Phi) is 3.98. The second-order valence-electron chi connectivity index (χ2n) is 4.13. The summed E-state index contributed by atoms with van der Waals surface area (Å²) < 4.78 is 0.842. The van der Waals surface area contributed by atoms with Crippen LogP contribution >= 0.6 is 15.9 Å². The van der Waals surface area contributed by atoms with Crippen LogP contribution in [0, 0.1) is 18.3 Å². The summed E-state index contributed by atoms with van der Waals surface area (Å²) in [4.78, 5) is 12.0. The average Bonchev–Trinajstić information content (AvgIpc) is 2.42. The molecule has 0 heterocycles. The van der Waals surface area contributed by atoms with Crippen molar-refractivity contribution < 1.29 is 4.79 Å². The summed E-state index contributed by atoms with van der Waals surface area (Å²) in [5.74, 6) is -0.200. The van der Waals surface area contributed by atoms with E-state index in [0.717, 1.165) is 15.7 Å². The summed E-state index contributed by atoms with van der Waals surface area (Å²) in [6, 6.07) is 14.3. The molecule has 0 saturated heterocycles. The molecule has 0 bridgehead atoms. The third kappa shape index (κ3) is 3.21. The molecule has 0 aliphatic carbocycles. The first-order valence-corrected chi connectivity index (χ1v) is 6.47. The van der Waals surface area contributed by atoms with Crippen molar-refractivity contribution in [2.75, 3.05) is 5.32 Å². The molecule has 1 amide bonds. The van der Waals surface area contributed by atoms with Crippen LogP contribution in [0.15, 0.2) is 46.9 Å². The van der Waals surface area contributed by atoms with E-state index in [2.05, 4.69) is 21.2 Å². The van der Waals surface area contributed by atoms with Crippen LogP contribution in [0.5, 0.6) is 0 Å². The van der Waals surface area contributed by atoms with Gasteiger partial charge in [-0.3, -0.25) is 4.79 Å². The van der Waals surface area contributed by atoms with E-state index in [0.29, 0.717) is 11.1 Å². The predicted octanol–water partition coefficient (Wildman–Crippen LogP) is 3.88. The van der Waals surface area contributed by atoms with Gasteiger partial charge < -0.3 is 5.32 Å². The van der Waals surface area contributed by atoms with Gasteiger partial charge in [0.15, 0.2) is 0 Å². The lowest BCUT2D eigenvalue weighted by molar-refractivity contribution is 0.102. The van der Waals surface area contributed by atoms with Gasteiger partial charge in [-0.2, -0.15) is 5.26 Å². The molecule has 4 heteroatoms. The van der Waals surface area contributed by atoms with Gasteiger partial charge in [0.05, 0.1) is 17.3 Å². The number of rotatable bonds is 2. The van der Waals surface area contributed by atoms with Crippen LogP contribution in [0.4, 0.5) is 5.69 Å². The summed E-state index contributed by atoms with van der Waals surface area (Å²) in [7, 11) is 0. The van der Waals surface area contributed by atoms with Gasteiger partial charge in [-0.1, -0.05) is 6.07 Å². The Morgan fingerprint density at radius 1 is 1.21 bits per heavy atom. The van der Waals surface area contributed by atoms with Crippen LogP contribution in [-0.4, -0.2) is 5.91 Å². The Morgan fingerprint density at radius 2 is 1.89 bits per heavy atom. The normalized spacial score (nSPS) is 9.74. The van der Waals surface area contributed by atoms with Crippen molar-refractivity contribution in [3.8, 4) is 6.07 Å². The molecule has 0 aromatic heterocycles. The zero-order valence-electron chi connectivity index (χ0n) is 10.3. The van der Waals surface area contributed by atoms with Crippen molar-refractivity contribution in [3.05, 3.63) is 63.6 Å². The Labute approximate surface area is 120 Å². The SMILES string of the molecule is Cc1ccc(NC(=O)c2ccc(C#N)cc2)c(Br)c1. The van der Waals surface area contributed by atoms with Crippen molar-refractivity contribution in [3.63, 3.8) is 0 Å². The van der Waals surface area contributed by atoms with E-state index in [9.17, 15) is 4.79 Å². The largest absolute Gasteiger partial charge is 0.321 e. The zero-order valence-corrected chi connectivity index (χ0v) is 11.9. The van der Waals surface area contributed by atoms with E-state index >= 15 is 0 Å². The number of hydrogen-bond donors (Lipinski definition) is 1. The number of halogens is 1. The summed E-state index contributed by atoms with van der Waals surface area (Å²) in [6.07, 6.45) is 0. The predicted molar refractivity (Wildman–Crippen MR) is 78.0 cm³/mol.